The lowest BCUT2D eigenvalue weighted by Gasteiger charge is -2.13. The number of aromatic nitrogens is 3. The number of pyridine rings is 1. The van der Waals surface area contributed by atoms with Gasteiger partial charge < -0.3 is 5.73 Å². The Kier molecular flexibility index (Phi) is 2.97. The number of fused-ring (bicyclic) bond motifs is 1. The van der Waals surface area contributed by atoms with Gasteiger partial charge in [0.15, 0.2) is 5.69 Å². The summed E-state index contributed by atoms with van der Waals surface area (Å²) in [6.07, 6.45) is -2.07. The molecule has 0 saturated carbocycles. The molecule has 0 fully saturated rings. The Morgan fingerprint density at radius 3 is 2.48 bits per heavy atom. The number of nitrogens with two attached hydrogens (primary N) is 1. The van der Waals surface area contributed by atoms with Gasteiger partial charge in [0.1, 0.15) is 0 Å². The van der Waals surface area contributed by atoms with E-state index in [-0.39, 0.29) is 5.56 Å². The highest BCUT2D eigenvalue weighted by Gasteiger charge is 2.36. The highest BCUT2D eigenvalue weighted by molar-refractivity contribution is 5.94. The summed E-state index contributed by atoms with van der Waals surface area (Å²) in [6, 6.07) is 8.44. The monoisotopic (exact) mass is 290 g/mol. The Balaban J connectivity index is 2.34. The Hall–Kier alpha value is -2.70. The van der Waals surface area contributed by atoms with E-state index < -0.39 is 17.8 Å². The number of hydrogen-bond donors (Lipinski definition) is 1. The minimum Gasteiger partial charge on any atom is -0.368 e. The van der Waals surface area contributed by atoms with Gasteiger partial charge in [0, 0.05) is 23.3 Å². The molecule has 21 heavy (non-hydrogen) atoms. The van der Waals surface area contributed by atoms with E-state index in [1.165, 1.54) is 12.3 Å². The Morgan fingerprint density at radius 1 is 0.952 bits per heavy atom. The molecule has 2 heterocycles. The molecule has 2 aromatic heterocycles. The summed E-state index contributed by atoms with van der Waals surface area (Å²) >= 11 is 0. The molecule has 7 heteroatoms. The van der Waals surface area contributed by atoms with E-state index in [0.717, 1.165) is 6.20 Å². The van der Waals surface area contributed by atoms with E-state index in [1.807, 2.05) is 0 Å². The molecule has 0 aliphatic heterocycles. The van der Waals surface area contributed by atoms with Crippen molar-refractivity contribution in [2.24, 2.45) is 0 Å². The number of hydrogen-bond acceptors (Lipinski definition) is 4. The number of halogens is 3. The molecule has 0 unspecified atom stereocenters. The molecule has 0 saturated heterocycles. The summed E-state index contributed by atoms with van der Waals surface area (Å²) in [4.78, 5) is 11.2. The van der Waals surface area contributed by atoms with Gasteiger partial charge in [-0.2, -0.15) is 13.2 Å². The zero-order valence-corrected chi connectivity index (χ0v) is 10.6. The number of nitrogens with zero attached hydrogens (tertiary/aromatic N) is 3. The van der Waals surface area contributed by atoms with Crippen LogP contribution in [0.25, 0.3) is 22.0 Å². The van der Waals surface area contributed by atoms with Gasteiger partial charge in [-0.25, -0.2) is 9.97 Å². The zero-order valence-electron chi connectivity index (χ0n) is 10.6. The van der Waals surface area contributed by atoms with Crippen LogP contribution in [0.1, 0.15) is 5.69 Å². The molecule has 0 bridgehead atoms. The fourth-order valence-electron chi connectivity index (χ4n) is 2.14. The first-order valence-corrected chi connectivity index (χ1v) is 6.00. The third-order valence-electron chi connectivity index (χ3n) is 3.02. The van der Waals surface area contributed by atoms with E-state index in [2.05, 4.69) is 15.0 Å². The lowest BCUT2D eigenvalue weighted by atomic mass is 10.0. The summed E-state index contributed by atoms with van der Waals surface area (Å²) in [6.45, 7) is 0. The van der Waals surface area contributed by atoms with Crippen LogP contribution in [-0.4, -0.2) is 15.0 Å². The molecule has 0 amide bonds. The van der Waals surface area contributed by atoms with Gasteiger partial charge in [-0.3, -0.25) is 4.98 Å². The molecule has 1 aromatic carbocycles. The van der Waals surface area contributed by atoms with E-state index >= 15 is 0 Å². The molecule has 0 radical (unpaired) electrons. The first-order valence-electron chi connectivity index (χ1n) is 6.00. The molecular formula is C14H9F3N4. The summed E-state index contributed by atoms with van der Waals surface area (Å²) in [5.41, 5.74) is 5.08. The normalized spacial score (nSPS) is 11.8. The van der Waals surface area contributed by atoms with Crippen LogP contribution in [0.4, 0.5) is 19.1 Å². The Bertz CT molecular complexity index is 809. The number of para-hydroxylation sites is 1. The first kappa shape index (κ1) is 13.3. The molecule has 0 spiro atoms. The standard InChI is InChI=1S/C14H9F3N4/c15-14(16,17)12-10(7-20-13(18)21-12)8-5-6-19-11-4-2-1-3-9(8)11/h1-7H,(H2,18,20,21). The average molecular weight is 290 g/mol. The smallest absolute Gasteiger partial charge is 0.368 e. The maximum absolute atomic E-state index is 13.2. The van der Waals surface area contributed by atoms with E-state index in [0.29, 0.717) is 16.5 Å². The molecule has 106 valence electrons. The maximum Gasteiger partial charge on any atom is 0.434 e. The lowest BCUT2D eigenvalue weighted by Crippen LogP contribution is -2.12. The average Bonchev–Trinajstić information content (AvgIpc) is 2.46. The second kappa shape index (κ2) is 4.69. The van der Waals surface area contributed by atoms with Gasteiger partial charge in [-0.05, 0) is 17.7 Å². The summed E-state index contributed by atoms with van der Waals surface area (Å²) in [5.74, 6) is -0.413. The van der Waals surface area contributed by atoms with E-state index in [1.54, 1.807) is 24.3 Å². The van der Waals surface area contributed by atoms with Crippen LogP contribution < -0.4 is 5.73 Å². The van der Waals surface area contributed by atoms with Crippen molar-refractivity contribution in [1.29, 1.82) is 0 Å². The zero-order chi connectivity index (χ0) is 15.0. The van der Waals surface area contributed by atoms with Gasteiger partial charge in [-0.1, -0.05) is 18.2 Å². The van der Waals surface area contributed by atoms with Gasteiger partial charge >= 0.3 is 6.18 Å². The van der Waals surface area contributed by atoms with Gasteiger partial charge in [-0.15, -0.1) is 0 Å². The summed E-state index contributed by atoms with van der Waals surface area (Å²) < 4.78 is 39.5. The highest BCUT2D eigenvalue weighted by atomic mass is 19.4. The van der Waals surface area contributed by atoms with Gasteiger partial charge in [0.2, 0.25) is 5.95 Å². The van der Waals surface area contributed by atoms with Gasteiger partial charge in [0.25, 0.3) is 0 Å². The predicted molar refractivity (Wildman–Crippen MR) is 72.2 cm³/mol. The molecular weight excluding hydrogens is 281 g/mol. The van der Waals surface area contributed by atoms with Crippen molar-refractivity contribution in [3.05, 3.63) is 48.4 Å². The topological polar surface area (TPSA) is 64.7 Å². The van der Waals surface area contributed by atoms with Crippen LogP contribution >= 0.6 is 0 Å². The molecule has 4 nitrogen and oxygen atoms in total. The fraction of sp³-hybridized carbons (Fsp3) is 0.0714. The van der Waals surface area contributed by atoms with Crippen molar-refractivity contribution in [2.45, 2.75) is 6.18 Å². The van der Waals surface area contributed by atoms with Crippen LogP contribution in [0.2, 0.25) is 0 Å². The van der Waals surface area contributed by atoms with Crippen LogP contribution in [0, 0.1) is 0 Å². The Morgan fingerprint density at radius 2 is 1.71 bits per heavy atom. The minimum absolute atomic E-state index is 0.115. The van der Waals surface area contributed by atoms with E-state index in [4.69, 9.17) is 5.73 Å². The molecule has 2 N–H and O–H groups in total. The number of anilines is 1. The van der Waals surface area contributed by atoms with Crippen LogP contribution in [-0.2, 0) is 6.18 Å². The summed E-state index contributed by atoms with van der Waals surface area (Å²) in [5, 5.41) is 0.596. The molecule has 0 aliphatic rings. The largest absolute Gasteiger partial charge is 0.434 e. The lowest BCUT2D eigenvalue weighted by molar-refractivity contribution is -0.140. The Labute approximate surface area is 117 Å². The van der Waals surface area contributed by atoms with Crippen molar-refractivity contribution in [1.82, 2.24) is 15.0 Å². The minimum atomic E-state index is -4.61. The van der Waals surface area contributed by atoms with Crippen molar-refractivity contribution in [3.63, 3.8) is 0 Å². The maximum atomic E-state index is 13.2. The second-order valence-corrected chi connectivity index (χ2v) is 4.36. The predicted octanol–water partition coefficient (Wildman–Crippen LogP) is 3.29. The van der Waals surface area contributed by atoms with Crippen LogP contribution in [0.15, 0.2) is 42.7 Å². The highest BCUT2D eigenvalue weighted by Crippen LogP contribution is 2.37. The first-order chi connectivity index (χ1) is 9.97. The SMILES string of the molecule is Nc1ncc(-c2ccnc3ccccc23)c(C(F)(F)F)n1. The third kappa shape index (κ3) is 2.37. The fourth-order valence-corrected chi connectivity index (χ4v) is 2.14. The molecule has 0 aliphatic carbocycles. The van der Waals surface area contributed by atoms with Crippen molar-refractivity contribution < 1.29 is 13.2 Å². The van der Waals surface area contributed by atoms with Crippen LogP contribution in [0.5, 0.6) is 0 Å². The van der Waals surface area contributed by atoms with Crippen molar-refractivity contribution in [2.75, 3.05) is 5.73 Å². The van der Waals surface area contributed by atoms with Crippen molar-refractivity contribution in [3.8, 4) is 11.1 Å². The summed E-state index contributed by atoms with van der Waals surface area (Å²) in [7, 11) is 0. The number of nitrogen functional groups attached to an aromatic ring is 1. The van der Waals surface area contributed by atoms with E-state index in [9.17, 15) is 13.2 Å². The molecule has 3 rings (SSSR count). The third-order valence-corrected chi connectivity index (χ3v) is 3.02. The molecule has 3 aromatic rings. The van der Waals surface area contributed by atoms with Crippen molar-refractivity contribution >= 4 is 16.9 Å². The second-order valence-electron chi connectivity index (χ2n) is 4.36. The number of rotatable bonds is 1. The molecule has 0 atom stereocenters. The van der Waals surface area contributed by atoms with Gasteiger partial charge in [0.05, 0.1) is 5.52 Å². The number of alkyl halides is 3. The quantitative estimate of drug-likeness (QED) is 0.747. The number of benzene rings is 1. The van der Waals surface area contributed by atoms with Crippen LogP contribution in [0.3, 0.4) is 0 Å².